The topological polar surface area (TPSA) is 102 Å². The van der Waals surface area contributed by atoms with Crippen molar-refractivity contribution in [2.75, 3.05) is 17.2 Å². The zero-order valence-electron chi connectivity index (χ0n) is 14.8. The van der Waals surface area contributed by atoms with Gasteiger partial charge in [-0.2, -0.15) is 5.10 Å². The van der Waals surface area contributed by atoms with Crippen LogP contribution in [-0.2, 0) is 20.1 Å². The van der Waals surface area contributed by atoms with Crippen LogP contribution in [0.4, 0.5) is 11.5 Å². The number of aromatic nitrogens is 4. The first-order chi connectivity index (χ1) is 11.4. The zero-order valence-corrected chi connectivity index (χ0v) is 14.8. The molecule has 0 amide bonds. The number of nitrogens with two attached hydrogens (primary N) is 1. The molecule has 24 heavy (non-hydrogen) atoms. The summed E-state index contributed by atoms with van der Waals surface area (Å²) >= 11 is 0. The highest BCUT2D eigenvalue weighted by molar-refractivity contribution is 5.62. The highest BCUT2D eigenvalue weighted by atomic mass is 16.2. The molecule has 2 rings (SSSR count). The summed E-state index contributed by atoms with van der Waals surface area (Å²) in [6.45, 7) is 7.56. The SMILES string of the molecule is CCCCn1c(N)c(N(CC)Cc2cnn(C)c2C)c(=O)[nH]c1=O. The molecule has 0 fully saturated rings. The Kier molecular flexibility index (Phi) is 5.48. The number of aromatic amines is 1. The predicted molar refractivity (Wildman–Crippen MR) is 95.3 cm³/mol. The summed E-state index contributed by atoms with van der Waals surface area (Å²) in [5.74, 6) is 0.223. The molecule has 0 aliphatic heterocycles. The molecule has 132 valence electrons. The molecule has 8 nitrogen and oxygen atoms in total. The molecule has 0 saturated carbocycles. The van der Waals surface area contributed by atoms with Crippen LogP contribution < -0.4 is 21.9 Å². The van der Waals surface area contributed by atoms with E-state index in [0.717, 1.165) is 24.1 Å². The smallest absolute Gasteiger partial charge is 0.330 e. The Morgan fingerprint density at radius 2 is 2.04 bits per heavy atom. The number of hydrogen-bond donors (Lipinski definition) is 2. The third-order valence-corrected chi connectivity index (χ3v) is 4.35. The maximum Gasteiger partial charge on any atom is 0.330 e. The minimum Gasteiger partial charge on any atom is -0.383 e. The monoisotopic (exact) mass is 334 g/mol. The van der Waals surface area contributed by atoms with Gasteiger partial charge in [0.2, 0.25) is 0 Å². The van der Waals surface area contributed by atoms with Crippen molar-refractivity contribution < 1.29 is 0 Å². The molecular formula is C16H26N6O2. The van der Waals surface area contributed by atoms with E-state index in [1.54, 1.807) is 10.9 Å². The van der Waals surface area contributed by atoms with Crippen LogP contribution in [0.15, 0.2) is 15.8 Å². The summed E-state index contributed by atoms with van der Waals surface area (Å²) in [4.78, 5) is 28.7. The van der Waals surface area contributed by atoms with E-state index in [4.69, 9.17) is 5.73 Å². The van der Waals surface area contributed by atoms with Gasteiger partial charge in [-0.1, -0.05) is 13.3 Å². The molecule has 2 heterocycles. The van der Waals surface area contributed by atoms with Crippen LogP contribution in [0.3, 0.4) is 0 Å². The average molecular weight is 334 g/mol. The van der Waals surface area contributed by atoms with E-state index in [2.05, 4.69) is 10.1 Å². The number of hydrogen-bond acceptors (Lipinski definition) is 5. The summed E-state index contributed by atoms with van der Waals surface area (Å²) in [6, 6.07) is 0. The molecule has 2 aromatic heterocycles. The van der Waals surface area contributed by atoms with E-state index in [9.17, 15) is 9.59 Å². The van der Waals surface area contributed by atoms with Crippen LogP contribution in [0.5, 0.6) is 0 Å². The number of aryl methyl sites for hydroxylation is 1. The molecule has 0 saturated heterocycles. The van der Waals surface area contributed by atoms with Gasteiger partial charge in [0, 0.05) is 37.9 Å². The molecule has 8 heteroatoms. The summed E-state index contributed by atoms with van der Waals surface area (Å²) in [5.41, 5.74) is 7.67. The van der Waals surface area contributed by atoms with Crippen LogP contribution >= 0.6 is 0 Å². The number of nitrogens with zero attached hydrogens (tertiary/aromatic N) is 4. The van der Waals surface area contributed by atoms with Gasteiger partial charge < -0.3 is 10.6 Å². The van der Waals surface area contributed by atoms with E-state index < -0.39 is 11.2 Å². The van der Waals surface area contributed by atoms with Crippen LogP contribution in [0.2, 0.25) is 0 Å². The van der Waals surface area contributed by atoms with Crippen LogP contribution in [0.25, 0.3) is 0 Å². The van der Waals surface area contributed by atoms with Gasteiger partial charge in [-0.3, -0.25) is 19.0 Å². The van der Waals surface area contributed by atoms with Gasteiger partial charge in [-0.25, -0.2) is 4.79 Å². The third kappa shape index (κ3) is 3.37. The fourth-order valence-electron chi connectivity index (χ4n) is 2.68. The molecule has 0 aromatic carbocycles. The van der Waals surface area contributed by atoms with Gasteiger partial charge in [0.1, 0.15) is 11.5 Å². The Morgan fingerprint density at radius 1 is 1.33 bits per heavy atom. The van der Waals surface area contributed by atoms with Gasteiger partial charge in [0.15, 0.2) is 0 Å². The van der Waals surface area contributed by atoms with Gasteiger partial charge >= 0.3 is 5.69 Å². The van der Waals surface area contributed by atoms with Crippen molar-refractivity contribution in [2.45, 2.75) is 46.7 Å². The predicted octanol–water partition coefficient (Wildman–Crippen LogP) is 0.987. The molecule has 0 aliphatic carbocycles. The number of rotatable bonds is 7. The Labute approximate surface area is 140 Å². The van der Waals surface area contributed by atoms with E-state index in [1.807, 2.05) is 32.7 Å². The van der Waals surface area contributed by atoms with Gasteiger partial charge in [-0.05, 0) is 20.3 Å². The maximum absolute atomic E-state index is 12.4. The van der Waals surface area contributed by atoms with Crippen LogP contribution in [0.1, 0.15) is 37.9 Å². The van der Waals surface area contributed by atoms with Crippen molar-refractivity contribution in [1.29, 1.82) is 0 Å². The highest BCUT2D eigenvalue weighted by Gasteiger charge is 2.19. The summed E-state index contributed by atoms with van der Waals surface area (Å²) in [7, 11) is 1.88. The molecule has 0 aliphatic rings. The first kappa shape index (κ1) is 17.8. The first-order valence-corrected chi connectivity index (χ1v) is 8.25. The van der Waals surface area contributed by atoms with Crippen molar-refractivity contribution in [2.24, 2.45) is 7.05 Å². The lowest BCUT2D eigenvalue weighted by Gasteiger charge is -2.24. The molecule has 3 N–H and O–H groups in total. The number of unbranched alkanes of at least 4 members (excludes halogenated alkanes) is 1. The second kappa shape index (κ2) is 7.37. The minimum atomic E-state index is -0.455. The Balaban J connectivity index is 2.46. The summed E-state index contributed by atoms with van der Waals surface area (Å²) < 4.78 is 3.23. The van der Waals surface area contributed by atoms with Crippen molar-refractivity contribution in [1.82, 2.24) is 19.3 Å². The fraction of sp³-hybridized carbons (Fsp3) is 0.562. The lowest BCUT2D eigenvalue weighted by molar-refractivity contribution is 0.602. The maximum atomic E-state index is 12.4. The van der Waals surface area contributed by atoms with Gasteiger partial charge in [-0.15, -0.1) is 0 Å². The van der Waals surface area contributed by atoms with Crippen molar-refractivity contribution in [3.8, 4) is 0 Å². The van der Waals surface area contributed by atoms with E-state index >= 15 is 0 Å². The third-order valence-electron chi connectivity index (χ3n) is 4.35. The number of anilines is 2. The van der Waals surface area contributed by atoms with Crippen molar-refractivity contribution in [3.05, 3.63) is 38.3 Å². The zero-order chi connectivity index (χ0) is 17.9. The van der Waals surface area contributed by atoms with Crippen LogP contribution in [-0.4, -0.2) is 25.9 Å². The lowest BCUT2D eigenvalue weighted by atomic mass is 10.2. The molecule has 2 aromatic rings. The van der Waals surface area contributed by atoms with Crippen molar-refractivity contribution >= 4 is 11.5 Å². The van der Waals surface area contributed by atoms with Gasteiger partial charge in [0.25, 0.3) is 5.56 Å². The first-order valence-electron chi connectivity index (χ1n) is 8.25. The number of nitrogen functional groups attached to an aromatic ring is 1. The minimum absolute atomic E-state index is 0.223. The van der Waals surface area contributed by atoms with E-state index in [-0.39, 0.29) is 5.82 Å². The largest absolute Gasteiger partial charge is 0.383 e. The van der Waals surface area contributed by atoms with E-state index in [0.29, 0.717) is 25.3 Å². The standard InChI is InChI=1S/C16H26N6O2/c1-5-7-8-22-14(17)13(15(23)19-16(22)24)21(6-2)10-12-9-18-20(4)11(12)3/h9H,5-8,10,17H2,1-4H3,(H,19,23,24). The molecule has 0 radical (unpaired) electrons. The summed E-state index contributed by atoms with van der Waals surface area (Å²) in [5, 5.41) is 4.23. The van der Waals surface area contributed by atoms with E-state index in [1.165, 1.54) is 4.57 Å². The normalized spacial score (nSPS) is 11.0. The number of nitrogens with one attached hydrogen (secondary N) is 1. The molecule has 0 spiro atoms. The highest BCUT2D eigenvalue weighted by Crippen LogP contribution is 2.20. The van der Waals surface area contributed by atoms with Crippen LogP contribution in [0, 0.1) is 6.92 Å². The van der Waals surface area contributed by atoms with Gasteiger partial charge in [0.05, 0.1) is 6.20 Å². The lowest BCUT2D eigenvalue weighted by Crippen LogP contribution is -2.38. The molecular weight excluding hydrogens is 308 g/mol. The molecule has 0 unspecified atom stereocenters. The molecule has 0 atom stereocenters. The Morgan fingerprint density at radius 3 is 2.58 bits per heavy atom. The Hall–Kier alpha value is -2.51. The molecule has 0 bridgehead atoms. The average Bonchev–Trinajstić information content (AvgIpc) is 2.85. The summed E-state index contributed by atoms with van der Waals surface area (Å²) in [6.07, 6.45) is 3.55. The second-order valence-electron chi connectivity index (χ2n) is 5.89. The Bertz CT molecular complexity index is 817. The van der Waals surface area contributed by atoms with Crippen molar-refractivity contribution in [3.63, 3.8) is 0 Å². The number of H-pyrrole nitrogens is 1. The fourth-order valence-corrected chi connectivity index (χ4v) is 2.68. The quantitative estimate of drug-likeness (QED) is 0.786. The second-order valence-corrected chi connectivity index (χ2v) is 5.89.